The van der Waals surface area contributed by atoms with E-state index in [1.807, 2.05) is 0 Å². The van der Waals surface area contributed by atoms with Crippen molar-refractivity contribution in [3.8, 4) is 0 Å². The number of aliphatic hydroxyl groups is 1. The van der Waals surface area contributed by atoms with Gasteiger partial charge in [-0.1, -0.05) is 0 Å². The zero-order valence-electron chi connectivity index (χ0n) is 14.4. The molecule has 2 atom stereocenters. The van der Waals surface area contributed by atoms with E-state index in [0.29, 0.717) is 32.5 Å². The maximum absolute atomic E-state index is 12.2. The molecule has 2 aliphatic heterocycles. The third kappa shape index (κ3) is 4.77. The summed E-state index contributed by atoms with van der Waals surface area (Å²) in [7, 11) is 0. The Morgan fingerprint density at radius 3 is 2.46 bits per heavy atom. The van der Waals surface area contributed by atoms with Gasteiger partial charge in [0.25, 0.3) is 5.91 Å². The number of rotatable bonds is 4. The molecule has 0 spiro atoms. The second-order valence-electron chi connectivity index (χ2n) is 7.14. The van der Waals surface area contributed by atoms with Crippen LogP contribution in [0.15, 0.2) is 0 Å². The van der Waals surface area contributed by atoms with Gasteiger partial charge in [-0.25, -0.2) is 9.59 Å². The molecule has 0 saturated carbocycles. The predicted molar refractivity (Wildman–Crippen MR) is 85.8 cm³/mol. The average molecular weight is 340 g/mol. The van der Waals surface area contributed by atoms with E-state index in [9.17, 15) is 19.5 Å². The summed E-state index contributed by atoms with van der Waals surface area (Å²) < 4.78 is 6.62. The quantitative estimate of drug-likeness (QED) is 0.695. The molecular formula is C16H26N3O5+. The molecule has 0 aromatic rings. The van der Waals surface area contributed by atoms with Gasteiger partial charge >= 0.3 is 12.0 Å². The fourth-order valence-electron chi connectivity index (χ4n) is 2.54. The molecule has 0 aromatic heterocycles. The topological polar surface area (TPSA) is 99.0 Å². The SMILES string of the molecule is CC(C)(C)OC(=O)N[C@@H](C=[N+]1CCCC1=O)C(O)C(=O)N1CCC1. The number of likely N-dealkylation sites (tertiary alicyclic amines) is 1. The first kappa shape index (κ1) is 18.4. The molecule has 24 heavy (non-hydrogen) atoms. The van der Waals surface area contributed by atoms with Crippen LogP contribution in [0.5, 0.6) is 0 Å². The average Bonchev–Trinajstić information content (AvgIpc) is 2.78. The number of ether oxygens (including phenoxy) is 1. The molecule has 8 nitrogen and oxygen atoms in total. The lowest BCUT2D eigenvalue weighted by molar-refractivity contribution is -0.430. The predicted octanol–water partition coefficient (Wildman–Crippen LogP) is -0.123. The first-order chi connectivity index (χ1) is 11.2. The van der Waals surface area contributed by atoms with Gasteiger partial charge in [-0.3, -0.25) is 4.79 Å². The van der Waals surface area contributed by atoms with Crippen LogP contribution in [0.4, 0.5) is 4.79 Å². The fraction of sp³-hybridized carbons (Fsp3) is 0.750. The molecule has 2 fully saturated rings. The summed E-state index contributed by atoms with van der Waals surface area (Å²) in [6, 6.07) is -1.02. The van der Waals surface area contributed by atoms with Gasteiger partial charge in [0.15, 0.2) is 18.9 Å². The van der Waals surface area contributed by atoms with E-state index < -0.39 is 29.7 Å². The third-order valence-electron chi connectivity index (χ3n) is 3.89. The number of amides is 3. The molecule has 1 unspecified atom stereocenters. The molecular weight excluding hydrogens is 314 g/mol. The highest BCUT2D eigenvalue weighted by molar-refractivity contribution is 5.88. The number of hydrogen-bond donors (Lipinski definition) is 2. The largest absolute Gasteiger partial charge is 0.444 e. The Balaban J connectivity index is 2.12. The third-order valence-corrected chi connectivity index (χ3v) is 3.89. The standard InChI is InChI=1S/C16H25N3O5/c1-16(2,3)24-15(23)17-11(10-19-7-4-6-12(19)20)13(21)14(22)18-8-5-9-18/h10-11,13,21H,4-9H2,1-3H3/p+1/t11-,13?/m0/s1. The summed E-state index contributed by atoms with van der Waals surface area (Å²) in [5.41, 5.74) is -0.704. The minimum absolute atomic E-state index is 0.0883. The first-order valence-electron chi connectivity index (χ1n) is 8.28. The van der Waals surface area contributed by atoms with Crippen LogP contribution in [0, 0.1) is 0 Å². The van der Waals surface area contributed by atoms with E-state index >= 15 is 0 Å². The second-order valence-corrected chi connectivity index (χ2v) is 7.14. The molecule has 2 rings (SSSR count). The highest BCUT2D eigenvalue weighted by Gasteiger charge is 2.37. The van der Waals surface area contributed by atoms with Gasteiger partial charge in [-0.05, 0) is 27.2 Å². The smallest absolute Gasteiger partial charge is 0.408 e. The maximum atomic E-state index is 12.2. The zero-order chi connectivity index (χ0) is 17.9. The summed E-state index contributed by atoms with van der Waals surface area (Å²) in [6.07, 6.45) is 1.26. The van der Waals surface area contributed by atoms with Gasteiger partial charge in [0.05, 0.1) is 6.42 Å². The molecule has 0 radical (unpaired) electrons. The summed E-state index contributed by atoms with van der Waals surface area (Å²) >= 11 is 0. The molecule has 0 bridgehead atoms. The van der Waals surface area contributed by atoms with E-state index in [0.717, 1.165) is 6.42 Å². The Bertz CT molecular complexity index is 548. The molecule has 0 aromatic carbocycles. The Kier molecular flexibility index (Phi) is 5.58. The molecule has 2 N–H and O–H groups in total. The van der Waals surface area contributed by atoms with Crippen molar-refractivity contribution in [3.63, 3.8) is 0 Å². The number of nitrogens with one attached hydrogen (secondary N) is 1. The molecule has 3 amide bonds. The van der Waals surface area contributed by atoms with Crippen molar-refractivity contribution in [2.45, 2.75) is 57.8 Å². The highest BCUT2D eigenvalue weighted by atomic mass is 16.6. The van der Waals surface area contributed by atoms with E-state index in [4.69, 9.17) is 4.74 Å². The Labute approximate surface area is 141 Å². The van der Waals surface area contributed by atoms with Crippen molar-refractivity contribution < 1.29 is 28.8 Å². The van der Waals surface area contributed by atoms with Crippen LogP contribution in [0.1, 0.15) is 40.0 Å². The Hall–Kier alpha value is -1.96. The lowest BCUT2D eigenvalue weighted by Crippen LogP contribution is -2.56. The van der Waals surface area contributed by atoms with Crippen LogP contribution < -0.4 is 5.32 Å². The number of carbonyl (C=O) groups is 3. The maximum Gasteiger partial charge on any atom is 0.408 e. The molecule has 134 valence electrons. The first-order valence-corrected chi connectivity index (χ1v) is 8.28. The summed E-state index contributed by atoms with van der Waals surface area (Å²) in [6.45, 7) is 6.86. The van der Waals surface area contributed by atoms with Gasteiger partial charge in [0, 0.05) is 19.5 Å². The Morgan fingerprint density at radius 1 is 1.33 bits per heavy atom. The number of carbonyl (C=O) groups excluding carboxylic acids is 3. The number of hydrogen-bond acceptors (Lipinski definition) is 5. The van der Waals surface area contributed by atoms with Crippen LogP contribution in [0.25, 0.3) is 0 Å². The summed E-state index contributed by atoms with van der Waals surface area (Å²) in [4.78, 5) is 37.6. The van der Waals surface area contributed by atoms with E-state index in [2.05, 4.69) is 5.32 Å². The summed E-state index contributed by atoms with van der Waals surface area (Å²) in [5.74, 6) is -0.542. The summed E-state index contributed by atoms with van der Waals surface area (Å²) in [5, 5.41) is 12.9. The second kappa shape index (κ2) is 7.29. The van der Waals surface area contributed by atoms with Crippen LogP contribution in [-0.4, -0.2) is 76.1 Å². The fourth-order valence-corrected chi connectivity index (χ4v) is 2.54. The van der Waals surface area contributed by atoms with Crippen LogP contribution in [0.2, 0.25) is 0 Å². The molecule has 2 saturated heterocycles. The molecule has 8 heteroatoms. The number of aliphatic hydroxyl groups excluding tert-OH is 1. The van der Waals surface area contributed by atoms with Crippen molar-refractivity contribution in [3.05, 3.63) is 0 Å². The van der Waals surface area contributed by atoms with Crippen LogP contribution in [-0.2, 0) is 14.3 Å². The van der Waals surface area contributed by atoms with Gasteiger partial charge in [0.1, 0.15) is 11.6 Å². The highest BCUT2D eigenvalue weighted by Crippen LogP contribution is 2.12. The molecule has 0 aliphatic carbocycles. The minimum atomic E-state index is -1.45. The molecule has 2 heterocycles. The van der Waals surface area contributed by atoms with Gasteiger partial charge in [0.2, 0.25) is 0 Å². The lowest BCUT2D eigenvalue weighted by atomic mass is 10.1. The van der Waals surface area contributed by atoms with E-state index in [-0.39, 0.29) is 5.91 Å². The monoisotopic (exact) mass is 340 g/mol. The van der Waals surface area contributed by atoms with E-state index in [1.165, 1.54) is 15.7 Å². The van der Waals surface area contributed by atoms with Crippen LogP contribution in [0.3, 0.4) is 0 Å². The zero-order valence-corrected chi connectivity index (χ0v) is 14.4. The van der Waals surface area contributed by atoms with Crippen LogP contribution >= 0.6 is 0 Å². The number of nitrogens with zero attached hydrogens (tertiary/aromatic N) is 2. The normalized spacial score (nSPS) is 22.1. The minimum Gasteiger partial charge on any atom is -0.444 e. The van der Waals surface area contributed by atoms with Gasteiger partial charge in [-0.2, -0.15) is 4.58 Å². The van der Waals surface area contributed by atoms with Gasteiger partial charge < -0.3 is 20.1 Å². The Morgan fingerprint density at radius 2 is 2.00 bits per heavy atom. The molecule has 2 aliphatic rings. The van der Waals surface area contributed by atoms with Crippen molar-refractivity contribution >= 4 is 24.1 Å². The van der Waals surface area contributed by atoms with Crippen molar-refractivity contribution in [2.24, 2.45) is 0 Å². The van der Waals surface area contributed by atoms with Gasteiger partial charge in [-0.15, -0.1) is 0 Å². The lowest BCUT2D eigenvalue weighted by Gasteiger charge is -2.33. The number of alkyl carbamates (subject to hydrolysis) is 1. The van der Waals surface area contributed by atoms with Crippen molar-refractivity contribution in [2.75, 3.05) is 19.6 Å². The van der Waals surface area contributed by atoms with E-state index in [1.54, 1.807) is 20.8 Å². The van der Waals surface area contributed by atoms with Crippen molar-refractivity contribution in [1.29, 1.82) is 0 Å². The van der Waals surface area contributed by atoms with Crippen molar-refractivity contribution in [1.82, 2.24) is 10.2 Å².